The van der Waals surface area contributed by atoms with Crippen LogP contribution in [0.3, 0.4) is 0 Å². The van der Waals surface area contributed by atoms with E-state index in [1.807, 2.05) is 54.8 Å². The predicted molar refractivity (Wildman–Crippen MR) is 111 cm³/mol. The number of halogens is 3. The molecule has 0 aliphatic carbocycles. The molecule has 0 saturated carbocycles. The summed E-state index contributed by atoms with van der Waals surface area (Å²) in [6, 6.07) is 15.8. The molecule has 2 aromatic rings. The maximum absolute atomic E-state index is 12.1. The molecule has 3 nitrogen and oxygen atoms in total. The molecular formula is C22H24F3NO2S. The summed E-state index contributed by atoms with van der Waals surface area (Å²) >= 11 is 1.68. The molecule has 1 amide bonds. The van der Waals surface area contributed by atoms with Gasteiger partial charge in [0.15, 0.2) is 0 Å². The number of alkyl halides is 3. The summed E-state index contributed by atoms with van der Waals surface area (Å²) < 4.78 is 36.3. The first kappa shape index (κ1) is 23.0. The Balaban J connectivity index is 1.74. The van der Waals surface area contributed by atoms with Crippen molar-refractivity contribution in [3.63, 3.8) is 0 Å². The van der Waals surface area contributed by atoms with Gasteiger partial charge in [0.05, 0.1) is 0 Å². The van der Waals surface area contributed by atoms with Crippen LogP contribution in [0.15, 0.2) is 53.4 Å². The van der Waals surface area contributed by atoms with Crippen molar-refractivity contribution in [1.82, 2.24) is 0 Å². The SMILES string of the molecule is CSc1ccc(-c2cccc(NC(=O)CCCCCCC(=O)C(F)(F)F)c2)cc1. The Morgan fingerprint density at radius 2 is 1.55 bits per heavy atom. The highest BCUT2D eigenvalue weighted by molar-refractivity contribution is 7.98. The summed E-state index contributed by atoms with van der Waals surface area (Å²) in [5.74, 6) is -1.82. The van der Waals surface area contributed by atoms with Crippen LogP contribution in [0.2, 0.25) is 0 Å². The van der Waals surface area contributed by atoms with E-state index in [0.717, 1.165) is 11.1 Å². The van der Waals surface area contributed by atoms with Crippen molar-refractivity contribution in [2.24, 2.45) is 0 Å². The average molecular weight is 424 g/mol. The fraction of sp³-hybridized carbons (Fsp3) is 0.364. The number of nitrogens with one attached hydrogen (secondary N) is 1. The molecule has 0 spiro atoms. The average Bonchev–Trinajstić information content (AvgIpc) is 2.70. The third kappa shape index (κ3) is 7.93. The first-order valence-corrected chi connectivity index (χ1v) is 10.7. The van der Waals surface area contributed by atoms with Crippen LogP contribution in [0.4, 0.5) is 18.9 Å². The van der Waals surface area contributed by atoms with Crippen molar-refractivity contribution in [2.75, 3.05) is 11.6 Å². The van der Waals surface area contributed by atoms with E-state index in [9.17, 15) is 22.8 Å². The van der Waals surface area contributed by atoms with Crippen LogP contribution in [-0.2, 0) is 9.59 Å². The molecule has 0 aliphatic heterocycles. The van der Waals surface area contributed by atoms with Gasteiger partial charge < -0.3 is 5.32 Å². The third-order valence-corrected chi connectivity index (χ3v) is 5.19. The van der Waals surface area contributed by atoms with Gasteiger partial charge in [-0.15, -0.1) is 11.8 Å². The molecule has 0 fully saturated rings. The molecular weight excluding hydrogens is 399 g/mol. The number of anilines is 1. The molecule has 0 heterocycles. The monoisotopic (exact) mass is 423 g/mol. The second kappa shape index (κ2) is 11.0. The van der Waals surface area contributed by atoms with E-state index in [1.54, 1.807) is 11.8 Å². The molecule has 0 bridgehead atoms. The first-order chi connectivity index (χ1) is 13.8. The van der Waals surface area contributed by atoms with Crippen molar-refractivity contribution in [3.05, 3.63) is 48.5 Å². The lowest BCUT2D eigenvalue weighted by Crippen LogP contribution is -2.22. The molecule has 0 unspecified atom stereocenters. The maximum atomic E-state index is 12.1. The molecule has 156 valence electrons. The van der Waals surface area contributed by atoms with Crippen LogP contribution in [0.5, 0.6) is 0 Å². The van der Waals surface area contributed by atoms with Gasteiger partial charge in [-0.05, 0) is 54.5 Å². The van der Waals surface area contributed by atoms with Crippen LogP contribution in [0.1, 0.15) is 38.5 Å². The first-order valence-electron chi connectivity index (χ1n) is 9.44. The number of unbranched alkanes of at least 4 members (excludes halogenated alkanes) is 3. The molecule has 0 atom stereocenters. The lowest BCUT2D eigenvalue weighted by Gasteiger charge is -2.08. The quantitative estimate of drug-likeness (QED) is 0.351. The number of rotatable bonds is 10. The highest BCUT2D eigenvalue weighted by Crippen LogP contribution is 2.25. The van der Waals surface area contributed by atoms with Crippen LogP contribution in [0.25, 0.3) is 11.1 Å². The fourth-order valence-electron chi connectivity index (χ4n) is 2.85. The standard InChI is InChI=1S/C22H24F3NO2S/c1-29-19-13-11-16(12-14-19)17-7-6-8-18(15-17)26-21(28)10-5-3-2-4-9-20(27)22(23,24)25/h6-8,11-15H,2-5,9-10H2,1H3,(H,26,28). The van der Waals surface area contributed by atoms with E-state index < -0.39 is 18.4 Å². The van der Waals surface area contributed by atoms with Crippen molar-refractivity contribution in [2.45, 2.75) is 49.6 Å². The number of benzene rings is 2. The summed E-state index contributed by atoms with van der Waals surface area (Å²) in [5, 5.41) is 2.86. The Kier molecular flexibility index (Phi) is 8.76. The number of amides is 1. The van der Waals surface area contributed by atoms with E-state index in [2.05, 4.69) is 5.32 Å². The minimum Gasteiger partial charge on any atom is -0.326 e. The summed E-state index contributed by atoms with van der Waals surface area (Å²) in [6.45, 7) is 0. The summed E-state index contributed by atoms with van der Waals surface area (Å²) in [7, 11) is 0. The molecule has 2 aromatic carbocycles. The highest BCUT2D eigenvalue weighted by atomic mass is 32.2. The zero-order valence-corrected chi connectivity index (χ0v) is 17.0. The second-order valence-corrected chi connectivity index (χ2v) is 7.57. The molecule has 2 rings (SSSR count). The number of hydrogen-bond donors (Lipinski definition) is 1. The lowest BCUT2D eigenvalue weighted by molar-refractivity contribution is -0.171. The zero-order valence-electron chi connectivity index (χ0n) is 16.2. The smallest absolute Gasteiger partial charge is 0.326 e. The number of hydrogen-bond acceptors (Lipinski definition) is 3. The summed E-state index contributed by atoms with van der Waals surface area (Å²) in [5.41, 5.74) is 2.77. The Morgan fingerprint density at radius 3 is 2.17 bits per heavy atom. The molecule has 7 heteroatoms. The van der Waals surface area contributed by atoms with Gasteiger partial charge >= 0.3 is 6.18 Å². The van der Waals surface area contributed by atoms with E-state index in [-0.39, 0.29) is 12.3 Å². The lowest BCUT2D eigenvalue weighted by atomic mass is 10.1. The van der Waals surface area contributed by atoms with Crippen molar-refractivity contribution in [3.8, 4) is 11.1 Å². The minimum atomic E-state index is -4.74. The number of Topliss-reactive ketones (excluding diaryl/α,β-unsaturated/α-hetero) is 1. The molecule has 0 aliphatic rings. The summed E-state index contributed by atoms with van der Waals surface area (Å²) in [6.07, 6.45) is -1.05. The Hall–Kier alpha value is -2.28. The van der Waals surface area contributed by atoms with Gasteiger partial charge in [-0.25, -0.2) is 0 Å². The van der Waals surface area contributed by atoms with Crippen LogP contribution < -0.4 is 5.32 Å². The largest absolute Gasteiger partial charge is 0.449 e. The second-order valence-electron chi connectivity index (χ2n) is 6.69. The Morgan fingerprint density at radius 1 is 0.897 bits per heavy atom. The summed E-state index contributed by atoms with van der Waals surface area (Å²) in [4.78, 5) is 24.1. The van der Waals surface area contributed by atoms with Gasteiger partial charge in [-0.3, -0.25) is 9.59 Å². The third-order valence-electron chi connectivity index (χ3n) is 4.44. The van der Waals surface area contributed by atoms with Crippen molar-refractivity contribution in [1.29, 1.82) is 0 Å². The number of thioether (sulfide) groups is 1. The van der Waals surface area contributed by atoms with Crippen molar-refractivity contribution >= 4 is 29.1 Å². The van der Waals surface area contributed by atoms with E-state index in [1.165, 1.54) is 4.90 Å². The topological polar surface area (TPSA) is 46.2 Å². The molecule has 0 radical (unpaired) electrons. The highest BCUT2D eigenvalue weighted by Gasteiger charge is 2.36. The van der Waals surface area contributed by atoms with Gasteiger partial charge in [0.1, 0.15) is 0 Å². The Bertz CT molecular complexity index is 820. The number of carbonyl (C=O) groups excluding carboxylic acids is 2. The number of ketones is 1. The van der Waals surface area contributed by atoms with Crippen LogP contribution >= 0.6 is 11.8 Å². The van der Waals surface area contributed by atoms with E-state index in [4.69, 9.17) is 0 Å². The molecule has 29 heavy (non-hydrogen) atoms. The Labute approximate surface area is 173 Å². The molecule has 0 aromatic heterocycles. The fourth-order valence-corrected chi connectivity index (χ4v) is 3.26. The van der Waals surface area contributed by atoms with Gasteiger partial charge in [0.2, 0.25) is 11.7 Å². The van der Waals surface area contributed by atoms with E-state index >= 15 is 0 Å². The van der Waals surface area contributed by atoms with Gasteiger partial charge in [-0.2, -0.15) is 13.2 Å². The number of carbonyl (C=O) groups is 2. The maximum Gasteiger partial charge on any atom is 0.449 e. The molecule has 0 saturated heterocycles. The van der Waals surface area contributed by atoms with Gasteiger partial charge in [-0.1, -0.05) is 37.1 Å². The normalized spacial score (nSPS) is 11.3. The van der Waals surface area contributed by atoms with E-state index in [0.29, 0.717) is 31.4 Å². The predicted octanol–water partition coefficient (Wildman–Crippen LogP) is 6.49. The van der Waals surface area contributed by atoms with Gasteiger partial charge in [0.25, 0.3) is 0 Å². The molecule has 1 N–H and O–H groups in total. The van der Waals surface area contributed by atoms with Crippen LogP contribution in [0, 0.1) is 0 Å². The zero-order chi connectivity index (χ0) is 21.3. The van der Waals surface area contributed by atoms with Gasteiger partial charge in [0, 0.05) is 23.4 Å². The van der Waals surface area contributed by atoms with Crippen LogP contribution in [-0.4, -0.2) is 24.1 Å². The van der Waals surface area contributed by atoms with Crippen molar-refractivity contribution < 1.29 is 22.8 Å². The minimum absolute atomic E-state index is 0.133.